The Balaban J connectivity index is 1.52. The third-order valence-electron chi connectivity index (χ3n) is 5.43. The Morgan fingerprint density at radius 3 is 2.69 bits per heavy atom. The standard InChI is InChI=1S/C21H26N4O/c1-16-19(17(2)25(24-16)14-6-13-22)9-10-20(26)23-15-21(11-12-21)18-7-4-3-5-8-18/h3-5,7-8H,6,9-12,14-15H2,1-2H3,(H,23,26). The molecule has 136 valence electrons. The topological polar surface area (TPSA) is 70.7 Å². The minimum absolute atomic E-state index is 0.0933. The highest BCUT2D eigenvalue weighted by molar-refractivity contribution is 5.76. The molecule has 3 rings (SSSR count). The summed E-state index contributed by atoms with van der Waals surface area (Å²) in [7, 11) is 0. The molecule has 0 atom stereocenters. The summed E-state index contributed by atoms with van der Waals surface area (Å²) in [5, 5.41) is 16.4. The van der Waals surface area contributed by atoms with Gasteiger partial charge in [0.25, 0.3) is 0 Å². The lowest BCUT2D eigenvalue weighted by atomic mass is 9.96. The monoisotopic (exact) mass is 350 g/mol. The van der Waals surface area contributed by atoms with E-state index in [9.17, 15) is 4.79 Å². The van der Waals surface area contributed by atoms with Crippen molar-refractivity contribution in [1.82, 2.24) is 15.1 Å². The largest absolute Gasteiger partial charge is 0.355 e. The van der Waals surface area contributed by atoms with E-state index in [4.69, 9.17) is 5.26 Å². The lowest BCUT2D eigenvalue weighted by molar-refractivity contribution is -0.121. The van der Waals surface area contributed by atoms with Crippen molar-refractivity contribution in [3.63, 3.8) is 0 Å². The van der Waals surface area contributed by atoms with Crippen LogP contribution in [0, 0.1) is 25.2 Å². The van der Waals surface area contributed by atoms with Crippen molar-refractivity contribution in [2.75, 3.05) is 6.54 Å². The zero-order valence-corrected chi connectivity index (χ0v) is 15.6. The van der Waals surface area contributed by atoms with Gasteiger partial charge >= 0.3 is 0 Å². The van der Waals surface area contributed by atoms with Gasteiger partial charge in [-0.3, -0.25) is 9.48 Å². The molecule has 1 aliphatic carbocycles. The van der Waals surface area contributed by atoms with E-state index in [1.54, 1.807) is 0 Å². The van der Waals surface area contributed by atoms with Crippen molar-refractivity contribution < 1.29 is 4.79 Å². The Hall–Kier alpha value is -2.61. The van der Waals surface area contributed by atoms with Gasteiger partial charge in [-0.1, -0.05) is 30.3 Å². The number of benzene rings is 1. The number of nitrogens with one attached hydrogen (secondary N) is 1. The molecule has 2 aromatic rings. The van der Waals surface area contributed by atoms with Gasteiger partial charge in [-0.2, -0.15) is 10.4 Å². The highest BCUT2D eigenvalue weighted by atomic mass is 16.1. The molecule has 0 unspecified atom stereocenters. The number of rotatable bonds is 8. The second kappa shape index (κ2) is 7.74. The molecule has 1 aromatic heterocycles. The maximum Gasteiger partial charge on any atom is 0.220 e. The van der Waals surface area contributed by atoms with E-state index in [0.717, 1.165) is 36.3 Å². The molecule has 26 heavy (non-hydrogen) atoms. The van der Waals surface area contributed by atoms with Crippen LogP contribution < -0.4 is 5.32 Å². The summed E-state index contributed by atoms with van der Waals surface area (Å²) >= 11 is 0. The number of nitriles is 1. The fraction of sp³-hybridized carbons (Fsp3) is 0.476. The van der Waals surface area contributed by atoms with Crippen LogP contribution in [0.4, 0.5) is 0 Å². The number of hydrogen-bond donors (Lipinski definition) is 1. The predicted molar refractivity (Wildman–Crippen MR) is 101 cm³/mol. The number of carbonyl (C=O) groups is 1. The van der Waals surface area contributed by atoms with E-state index in [-0.39, 0.29) is 11.3 Å². The number of aromatic nitrogens is 2. The molecule has 0 saturated heterocycles. The average Bonchev–Trinajstić information content (AvgIpc) is 3.40. The minimum atomic E-state index is 0.0933. The van der Waals surface area contributed by atoms with Crippen LogP contribution in [0.15, 0.2) is 30.3 Å². The summed E-state index contributed by atoms with van der Waals surface area (Å²) in [4.78, 5) is 12.3. The number of aryl methyl sites for hydroxylation is 2. The maximum atomic E-state index is 12.3. The van der Waals surface area contributed by atoms with Crippen molar-refractivity contribution in [1.29, 1.82) is 5.26 Å². The normalized spacial score (nSPS) is 14.7. The molecule has 1 saturated carbocycles. The number of hydrogen-bond acceptors (Lipinski definition) is 3. The van der Waals surface area contributed by atoms with Gasteiger partial charge in [0, 0.05) is 24.1 Å². The van der Waals surface area contributed by atoms with E-state index in [0.29, 0.717) is 25.8 Å². The van der Waals surface area contributed by atoms with Gasteiger partial charge in [0.05, 0.1) is 24.7 Å². The fourth-order valence-corrected chi connectivity index (χ4v) is 3.57. The first-order chi connectivity index (χ1) is 12.6. The van der Waals surface area contributed by atoms with Gasteiger partial charge in [0.1, 0.15) is 0 Å². The van der Waals surface area contributed by atoms with Crippen LogP contribution in [0.5, 0.6) is 0 Å². The molecule has 5 nitrogen and oxygen atoms in total. The molecular weight excluding hydrogens is 324 g/mol. The van der Waals surface area contributed by atoms with Crippen molar-refractivity contribution in [3.8, 4) is 6.07 Å². The first-order valence-corrected chi connectivity index (χ1v) is 9.28. The van der Waals surface area contributed by atoms with Crippen LogP contribution in [-0.4, -0.2) is 22.2 Å². The molecule has 1 fully saturated rings. The van der Waals surface area contributed by atoms with Gasteiger partial charge in [0.2, 0.25) is 5.91 Å². The Morgan fingerprint density at radius 1 is 1.31 bits per heavy atom. The molecule has 1 heterocycles. The predicted octanol–water partition coefficient (Wildman–Crippen LogP) is 3.19. The highest BCUT2D eigenvalue weighted by Gasteiger charge is 2.44. The van der Waals surface area contributed by atoms with Crippen LogP contribution in [0.2, 0.25) is 0 Å². The quantitative estimate of drug-likeness (QED) is 0.795. The molecular formula is C21H26N4O. The van der Waals surface area contributed by atoms with Gasteiger partial charge in [-0.05, 0) is 44.2 Å². The fourth-order valence-electron chi connectivity index (χ4n) is 3.57. The minimum Gasteiger partial charge on any atom is -0.355 e. The first-order valence-electron chi connectivity index (χ1n) is 9.28. The number of nitrogens with zero attached hydrogens (tertiary/aromatic N) is 3. The van der Waals surface area contributed by atoms with E-state index in [1.165, 1.54) is 5.56 Å². The number of amides is 1. The van der Waals surface area contributed by atoms with Crippen LogP contribution in [0.25, 0.3) is 0 Å². The Kier molecular flexibility index (Phi) is 5.41. The summed E-state index contributed by atoms with van der Waals surface area (Å²) in [5.74, 6) is 0.0933. The third-order valence-corrected chi connectivity index (χ3v) is 5.43. The smallest absolute Gasteiger partial charge is 0.220 e. The molecule has 1 N–H and O–H groups in total. The van der Waals surface area contributed by atoms with Gasteiger partial charge in [-0.25, -0.2) is 0 Å². The number of carbonyl (C=O) groups excluding carboxylic acids is 1. The average molecular weight is 350 g/mol. The maximum absolute atomic E-state index is 12.3. The van der Waals surface area contributed by atoms with Gasteiger partial charge in [-0.15, -0.1) is 0 Å². The Morgan fingerprint density at radius 2 is 2.04 bits per heavy atom. The SMILES string of the molecule is Cc1nn(CCC#N)c(C)c1CCC(=O)NCC1(c2ccccc2)CC1. The summed E-state index contributed by atoms with van der Waals surface area (Å²) in [6.45, 7) is 5.31. The van der Waals surface area contributed by atoms with Crippen LogP contribution in [0.3, 0.4) is 0 Å². The summed E-state index contributed by atoms with van der Waals surface area (Å²) in [5.41, 5.74) is 4.61. The van der Waals surface area contributed by atoms with E-state index in [1.807, 2.05) is 24.6 Å². The lowest BCUT2D eigenvalue weighted by Crippen LogP contribution is -2.32. The zero-order chi connectivity index (χ0) is 18.6. The van der Waals surface area contributed by atoms with Crippen molar-refractivity contribution >= 4 is 5.91 Å². The van der Waals surface area contributed by atoms with E-state index >= 15 is 0 Å². The van der Waals surface area contributed by atoms with Crippen LogP contribution >= 0.6 is 0 Å². The molecule has 0 radical (unpaired) electrons. The van der Waals surface area contributed by atoms with E-state index < -0.39 is 0 Å². The van der Waals surface area contributed by atoms with E-state index in [2.05, 4.69) is 40.8 Å². The zero-order valence-electron chi connectivity index (χ0n) is 15.6. The van der Waals surface area contributed by atoms with Crippen LogP contribution in [-0.2, 0) is 23.2 Å². The Bertz CT molecular complexity index is 813. The molecule has 0 aliphatic heterocycles. The van der Waals surface area contributed by atoms with Gasteiger partial charge in [0.15, 0.2) is 0 Å². The molecule has 0 bridgehead atoms. The summed E-state index contributed by atoms with van der Waals surface area (Å²) in [6.07, 6.45) is 3.89. The molecule has 0 spiro atoms. The highest BCUT2D eigenvalue weighted by Crippen LogP contribution is 2.47. The molecule has 5 heteroatoms. The molecule has 1 aliphatic rings. The molecule has 1 amide bonds. The van der Waals surface area contributed by atoms with Gasteiger partial charge < -0.3 is 5.32 Å². The van der Waals surface area contributed by atoms with Crippen molar-refractivity contribution in [2.24, 2.45) is 0 Å². The molecule has 1 aromatic carbocycles. The first kappa shape index (κ1) is 18.2. The summed E-state index contributed by atoms with van der Waals surface area (Å²) in [6, 6.07) is 12.6. The summed E-state index contributed by atoms with van der Waals surface area (Å²) < 4.78 is 1.88. The Labute approximate surface area is 155 Å². The van der Waals surface area contributed by atoms with Crippen LogP contribution in [0.1, 0.15) is 48.2 Å². The lowest BCUT2D eigenvalue weighted by Gasteiger charge is -2.16. The second-order valence-electron chi connectivity index (χ2n) is 7.20. The second-order valence-corrected chi connectivity index (χ2v) is 7.20. The third kappa shape index (κ3) is 3.96. The van der Waals surface area contributed by atoms with Crippen molar-refractivity contribution in [2.45, 2.75) is 57.9 Å². The van der Waals surface area contributed by atoms with Crippen molar-refractivity contribution in [3.05, 3.63) is 52.8 Å².